The van der Waals surface area contributed by atoms with Gasteiger partial charge in [-0.25, -0.2) is 27.5 Å². The minimum Gasteiger partial charge on any atom is -0.463 e. The first-order valence-corrected chi connectivity index (χ1v) is 8.60. The first-order valence-electron chi connectivity index (χ1n) is 7.16. The van der Waals surface area contributed by atoms with E-state index in [-0.39, 0.29) is 10.8 Å². The van der Waals surface area contributed by atoms with Crippen molar-refractivity contribution in [1.29, 1.82) is 0 Å². The highest BCUT2D eigenvalue weighted by molar-refractivity contribution is 7.92. The summed E-state index contributed by atoms with van der Waals surface area (Å²) in [7, 11) is -2.37. The number of sulfonamides is 1. The van der Waals surface area contributed by atoms with Crippen molar-refractivity contribution in [2.24, 2.45) is 0 Å². The molecule has 7 nitrogen and oxygen atoms in total. The summed E-state index contributed by atoms with van der Waals surface area (Å²) in [6.07, 6.45) is 5.78. The van der Waals surface area contributed by atoms with E-state index in [4.69, 9.17) is 4.74 Å². The summed E-state index contributed by atoms with van der Waals surface area (Å²) < 4.78 is 30.9. The lowest BCUT2D eigenvalue weighted by Gasteiger charge is -2.17. The monoisotopic (exact) mass is 347 g/mol. The van der Waals surface area contributed by atoms with Crippen LogP contribution in [0.4, 0.5) is 5.95 Å². The molecule has 1 aromatic heterocycles. The van der Waals surface area contributed by atoms with Gasteiger partial charge >= 0.3 is 5.97 Å². The van der Waals surface area contributed by atoms with E-state index in [0.717, 1.165) is 4.31 Å². The number of nitrogens with zero attached hydrogens (tertiary/aromatic N) is 3. The second-order valence-corrected chi connectivity index (χ2v) is 6.65. The van der Waals surface area contributed by atoms with Crippen LogP contribution in [-0.2, 0) is 19.6 Å². The van der Waals surface area contributed by atoms with Gasteiger partial charge in [0.05, 0.1) is 11.5 Å². The molecular formula is C16H17N3O4S. The van der Waals surface area contributed by atoms with Gasteiger partial charge in [-0.05, 0) is 36.8 Å². The molecule has 0 aliphatic rings. The maximum absolute atomic E-state index is 12.5. The Balaban J connectivity index is 2.19. The molecule has 0 spiro atoms. The van der Waals surface area contributed by atoms with Gasteiger partial charge in [-0.3, -0.25) is 0 Å². The van der Waals surface area contributed by atoms with Gasteiger partial charge in [-0.15, -0.1) is 0 Å². The number of carbonyl (C=O) groups is 1. The Morgan fingerprint density at radius 1 is 1.21 bits per heavy atom. The van der Waals surface area contributed by atoms with Crippen molar-refractivity contribution in [1.82, 2.24) is 9.97 Å². The van der Waals surface area contributed by atoms with Gasteiger partial charge in [0.2, 0.25) is 5.95 Å². The Labute approximate surface area is 140 Å². The molecule has 0 saturated carbocycles. The van der Waals surface area contributed by atoms with E-state index in [9.17, 15) is 13.2 Å². The van der Waals surface area contributed by atoms with Crippen molar-refractivity contribution in [2.45, 2.75) is 11.8 Å². The average molecular weight is 347 g/mol. The zero-order valence-corrected chi connectivity index (χ0v) is 14.1. The van der Waals surface area contributed by atoms with Crippen LogP contribution in [0.25, 0.3) is 6.08 Å². The lowest BCUT2D eigenvalue weighted by molar-refractivity contribution is -0.137. The van der Waals surface area contributed by atoms with Crippen LogP contribution in [0.3, 0.4) is 0 Å². The van der Waals surface area contributed by atoms with Crippen LogP contribution < -0.4 is 4.31 Å². The molecule has 2 rings (SSSR count). The first kappa shape index (κ1) is 17.6. The largest absolute Gasteiger partial charge is 0.463 e. The summed E-state index contributed by atoms with van der Waals surface area (Å²) in [6.45, 7) is 2.02. The summed E-state index contributed by atoms with van der Waals surface area (Å²) in [5, 5.41) is 0. The highest BCUT2D eigenvalue weighted by atomic mass is 32.2. The Kier molecular flexibility index (Phi) is 5.64. The van der Waals surface area contributed by atoms with E-state index in [2.05, 4.69) is 9.97 Å². The summed E-state index contributed by atoms with van der Waals surface area (Å²) in [5.41, 5.74) is 0.681. The number of aromatic nitrogens is 2. The SMILES string of the molecule is CCOC(=O)C=Cc1ccc(S(=O)(=O)N(C)c2ncccn2)cc1. The van der Waals surface area contributed by atoms with Crippen LogP contribution in [0, 0.1) is 0 Å². The molecule has 0 bridgehead atoms. The third-order valence-electron chi connectivity index (χ3n) is 3.07. The molecule has 0 radical (unpaired) electrons. The van der Waals surface area contributed by atoms with Gasteiger partial charge in [-0.1, -0.05) is 12.1 Å². The van der Waals surface area contributed by atoms with Crippen molar-refractivity contribution in [3.8, 4) is 0 Å². The highest BCUT2D eigenvalue weighted by Gasteiger charge is 2.22. The molecule has 0 amide bonds. The maximum atomic E-state index is 12.5. The fourth-order valence-corrected chi connectivity index (χ4v) is 2.93. The van der Waals surface area contributed by atoms with Gasteiger partial charge in [-0.2, -0.15) is 0 Å². The van der Waals surface area contributed by atoms with E-state index in [1.807, 2.05) is 0 Å². The normalized spacial score (nSPS) is 11.4. The molecule has 1 aromatic carbocycles. The molecular weight excluding hydrogens is 330 g/mol. The highest BCUT2D eigenvalue weighted by Crippen LogP contribution is 2.19. The number of hydrogen-bond acceptors (Lipinski definition) is 6. The van der Waals surface area contributed by atoms with Crippen LogP contribution in [-0.4, -0.2) is 38.0 Å². The molecule has 1 heterocycles. The number of ether oxygens (including phenoxy) is 1. The van der Waals surface area contributed by atoms with Crippen LogP contribution in [0.2, 0.25) is 0 Å². The fraction of sp³-hybridized carbons (Fsp3) is 0.188. The molecule has 0 aliphatic heterocycles. The van der Waals surface area contributed by atoms with Crippen molar-refractivity contribution < 1.29 is 17.9 Å². The Morgan fingerprint density at radius 2 is 1.83 bits per heavy atom. The third-order valence-corrected chi connectivity index (χ3v) is 4.82. The number of anilines is 1. The lowest BCUT2D eigenvalue weighted by atomic mass is 10.2. The zero-order valence-electron chi connectivity index (χ0n) is 13.3. The number of rotatable bonds is 6. The van der Waals surface area contributed by atoms with Crippen molar-refractivity contribution in [2.75, 3.05) is 18.0 Å². The van der Waals surface area contributed by atoms with E-state index in [0.29, 0.717) is 12.2 Å². The van der Waals surface area contributed by atoms with E-state index in [1.165, 1.54) is 37.7 Å². The maximum Gasteiger partial charge on any atom is 0.330 e. The number of benzene rings is 1. The Morgan fingerprint density at radius 3 is 2.42 bits per heavy atom. The minimum atomic E-state index is -3.76. The smallest absolute Gasteiger partial charge is 0.330 e. The lowest BCUT2D eigenvalue weighted by Crippen LogP contribution is -2.28. The zero-order chi connectivity index (χ0) is 17.6. The Hall–Kier alpha value is -2.74. The standard InChI is InChI=1S/C16H17N3O4S/c1-3-23-15(20)10-7-13-5-8-14(9-6-13)24(21,22)19(2)16-17-11-4-12-18-16/h4-12H,3H2,1-2H3. The molecule has 2 aromatic rings. The van der Waals surface area contributed by atoms with E-state index >= 15 is 0 Å². The predicted molar refractivity (Wildman–Crippen MR) is 89.7 cm³/mol. The van der Waals surface area contributed by atoms with Crippen molar-refractivity contribution in [3.05, 3.63) is 54.4 Å². The predicted octanol–water partition coefficient (Wildman–Crippen LogP) is 1.88. The molecule has 0 fully saturated rings. The second-order valence-electron chi connectivity index (χ2n) is 4.68. The van der Waals surface area contributed by atoms with Gasteiger partial charge in [0, 0.05) is 25.5 Å². The van der Waals surface area contributed by atoms with Gasteiger partial charge in [0.1, 0.15) is 0 Å². The summed E-state index contributed by atoms with van der Waals surface area (Å²) in [4.78, 5) is 19.2. The molecule has 0 saturated heterocycles. The van der Waals surface area contributed by atoms with Crippen LogP contribution >= 0.6 is 0 Å². The van der Waals surface area contributed by atoms with Crippen molar-refractivity contribution in [3.63, 3.8) is 0 Å². The fourth-order valence-electron chi connectivity index (χ4n) is 1.82. The van der Waals surface area contributed by atoms with E-state index in [1.54, 1.807) is 31.2 Å². The van der Waals surface area contributed by atoms with Gasteiger partial charge in [0.25, 0.3) is 10.0 Å². The summed E-state index contributed by atoms with van der Waals surface area (Å²) in [6, 6.07) is 7.72. The molecule has 0 atom stereocenters. The van der Waals surface area contributed by atoms with Gasteiger partial charge < -0.3 is 4.74 Å². The van der Waals surface area contributed by atoms with E-state index < -0.39 is 16.0 Å². The molecule has 8 heteroatoms. The molecule has 126 valence electrons. The molecule has 0 N–H and O–H groups in total. The third kappa shape index (κ3) is 4.17. The van der Waals surface area contributed by atoms with Gasteiger partial charge in [0.15, 0.2) is 0 Å². The average Bonchev–Trinajstić information content (AvgIpc) is 2.60. The summed E-state index contributed by atoms with van der Waals surface area (Å²) in [5.74, 6) is -0.362. The van der Waals surface area contributed by atoms with Crippen LogP contribution in [0.5, 0.6) is 0 Å². The topological polar surface area (TPSA) is 89.5 Å². The molecule has 0 aliphatic carbocycles. The molecule has 24 heavy (non-hydrogen) atoms. The first-order chi connectivity index (χ1) is 11.4. The number of esters is 1. The summed E-state index contributed by atoms with van der Waals surface area (Å²) >= 11 is 0. The number of hydrogen-bond donors (Lipinski definition) is 0. The molecule has 0 unspecified atom stereocenters. The number of carbonyl (C=O) groups excluding carboxylic acids is 1. The Bertz CT molecular complexity index is 818. The van der Waals surface area contributed by atoms with Crippen LogP contribution in [0.15, 0.2) is 53.7 Å². The second kappa shape index (κ2) is 7.69. The minimum absolute atomic E-state index is 0.0868. The quantitative estimate of drug-likeness (QED) is 0.585. The van der Waals surface area contributed by atoms with Crippen molar-refractivity contribution >= 4 is 28.0 Å². The van der Waals surface area contributed by atoms with Crippen LogP contribution in [0.1, 0.15) is 12.5 Å².